The fourth-order valence-corrected chi connectivity index (χ4v) is 2.72. The molecule has 1 aromatic heterocycles. The predicted octanol–water partition coefficient (Wildman–Crippen LogP) is 2.52. The van der Waals surface area contributed by atoms with E-state index in [2.05, 4.69) is 26.2 Å². The van der Waals surface area contributed by atoms with Crippen LogP contribution in [-0.2, 0) is 4.79 Å². The third-order valence-corrected chi connectivity index (χ3v) is 3.52. The summed E-state index contributed by atoms with van der Waals surface area (Å²) in [6.45, 7) is 0.226. The number of aromatic nitrogens is 1. The quantitative estimate of drug-likeness (QED) is 0.847. The van der Waals surface area contributed by atoms with Crippen molar-refractivity contribution in [3.05, 3.63) is 41.1 Å². The lowest BCUT2D eigenvalue weighted by atomic mass is 10.1. The zero-order chi connectivity index (χ0) is 13.4. The van der Waals surface area contributed by atoms with Gasteiger partial charge in [-0.15, -0.1) is 0 Å². The number of carbonyl (C=O) groups is 1. The number of nitrogen functional groups attached to an aromatic ring is 1. The molecule has 0 saturated heterocycles. The molecular formula is C13H11BrN4O. The molecule has 0 fully saturated rings. The van der Waals surface area contributed by atoms with Crippen LogP contribution in [0.1, 0.15) is 0 Å². The molecule has 1 amide bonds. The van der Waals surface area contributed by atoms with Crippen LogP contribution in [0, 0.1) is 0 Å². The number of fused-ring (bicyclic) bond motifs is 1. The Morgan fingerprint density at radius 3 is 2.89 bits per heavy atom. The second-order valence-corrected chi connectivity index (χ2v) is 5.06. The van der Waals surface area contributed by atoms with E-state index in [9.17, 15) is 4.79 Å². The summed E-state index contributed by atoms with van der Waals surface area (Å²) in [5, 5.41) is 2.85. The van der Waals surface area contributed by atoms with Crippen molar-refractivity contribution >= 4 is 44.6 Å². The summed E-state index contributed by atoms with van der Waals surface area (Å²) < 4.78 is 0.761. The fourth-order valence-electron chi connectivity index (χ4n) is 2.16. The smallest absolute Gasteiger partial charge is 0.244 e. The number of hydrogen-bond acceptors (Lipinski definition) is 4. The van der Waals surface area contributed by atoms with Gasteiger partial charge in [-0.1, -0.05) is 12.1 Å². The molecule has 96 valence electrons. The Morgan fingerprint density at radius 2 is 2.11 bits per heavy atom. The van der Waals surface area contributed by atoms with E-state index in [1.165, 1.54) is 0 Å². The maximum atomic E-state index is 11.8. The van der Waals surface area contributed by atoms with Crippen molar-refractivity contribution in [1.29, 1.82) is 0 Å². The van der Waals surface area contributed by atoms with E-state index < -0.39 is 0 Å². The highest BCUT2D eigenvalue weighted by atomic mass is 79.9. The molecule has 1 aromatic carbocycles. The first-order chi connectivity index (χ1) is 9.16. The van der Waals surface area contributed by atoms with Crippen LogP contribution in [0.5, 0.6) is 0 Å². The molecule has 5 nitrogen and oxygen atoms in total. The average molecular weight is 319 g/mol. The van der Waals surface area contributed by atoms with E-state index in [-0.39, 0.29) is 12.5 Å². The highest BCUT2D eigenvalue weighted by Gasteiger charge is 2.25. The van der Waals surface area contributed by atoms with E-state index in [1.54, 1.807) is 12.4 Å². The number of hydrogen-bond donors (Lipinski definition) is 2. The second kappa shape index (κ2) is 4.55. The normalized spacial score (nSPS) is 13.9. The Balaban J connectivity index is 2.18. The van der Waals surface area contributed by atoms with Crippen molar-refractivity contribution < 1.29 is 4.79 Å². The molecule has 2 heterocycles. The minimum atomic E-state index is -0.0678. The van der Waals surface area contributed by atoms with E-state index in [1.807, 2.05) is 29.2 Å². The zero-order valence-electron chi connectivity index (χ0n) is 9.93. The van der Waals surface area contributed by atoms with Crippen LogP contribution in [0.4, 0.5) is 22.7 Å². The maximum absolute atomic E-state index is 11.8. The van der Waals surface area contributed by atoms with Crippen molar-refractivity contribution in [3.8, 4) is 0 Å². The Labute approximate surface area is 118 Å². The van der Waals surface area contributed by atoms with Crippen molar-refractivity contribution in [2.75, 3.05) is 22.5 Å². The summed E-state index contributed by atoms with van der Waals surface area (Å²) in [6, 6.07) is 7.62. The average Bonchev–Trinajstić information content (AvgIpc) is 2.38. The maximum Gasteiger partial charge on any atom is 0.244 e. The predicted molar refractivity (Wildman–Crippen MR) is 78.4 cm³/mol. The number of amides is 1. The molecule has 0 spiro atoms. The van der Waals surface area contributed by atoms with Crippen LogP contribution in [0.25, 0.3) is 0 Å². The summed E-state index contributed by atoms with van der Waals surface area (Å²) in [7, 11) is 0. The Bertz CT molecular complexity index is 639. The van der Waals surface area contributed by atoms with Crippen LogP contribution in [0.15, 0.2) is 41.1 Å². The Kier molecular flexibility index (Phi) is 2.87. The fraction of sp³-hybridized carbons (Fsp3) is 0.0769. The first-order valence-corrected chi connectivity index (χ1v) is 6.51. The number of benzene rings is 1. The SMILES string of the molecule is Nc1cncc(Br)c1N1CC(=O)Nc2ccccc21. The summed E-state index contributed by atoms with van der Waals surface area (Å²) in [4.78, 5) is 17.7. The minimum absolute atomic E-state index is 0.0678. The molecule has 0 aliphatic carbocycles. The zero-order valence-corrected chi connectivity index (χ0v) is 11.5. The van der Waals surface area contributed by atoms with Crippen molar-refractivity contribution in [2.24, 2.45) is 0 Å². The van der Waals surface area contributed by atoms with Crippen LogP contribution < -0.4 is 16.0 Å². The lowest BCUT2D eigenvalue weighted by Crippen LogP contribution is -2.35. The van der Waals surface area contributed by atoms with Gasteiger partial charge in [-0.3, -0.25) is 9.78 Å². The van der Waals surface area contributed by atoms with Crippen LogP contribution in [0.3, 0.4) is 0 Å². The standard InChI is InChI=1S/C13H11BrN4O/c14-8-5-16-6-9(15)13(8)18-7-12(19)17-10-3-1-2-4-11(10)18/h1-6H,7,15H2,(H,17,19). The molecular weight excluding hydrogens is 308 g/mol. The van der Waals surface area contributed by atoms with Gasteiger partial charge < -0.3 is 16.0 Å². The number of pyridine rings is 1. The van der Waals surface area contributed by atoms with Gasteiger partial charge in [0.1, 0.15) is 6.54 Å². The molecule has 19 heavy (non-hydrogen) atoms. The molecule has 3 rings (SSSR count). The van der Waals surface area contributed by atoms with E-state index in [4.69, 9.17) is 5.73 Å². The number of carbonyl (C=O) groups excluding carboxylic acids is 1. The molecule has 2 aromatic rings. The second-order valence-electron chi connectivity index (χ2n) is 4.21. The number of nitrogens with one attached hydrogen (secondary N) is 1. The molecule has 1 aliphatic heterocycles. The van der Waals surface area contributed by atoms with Gasteiger partial charge in [0.25, 0.3) is 0 Å². The van der Waals surface area contributed by atoms with E-state index in [0.717, 1.165) is 21.5 Å². The first-order valence-electron chi connectivity index (χ1n) is 5.72. The molecule has 0 saturated carbocycles. The van der Waals surface area contributed by atoms with Crippen LogP contribution in [-0.4, -0.2) is 17.4 Å². The summed E-state index contributed by atoms with van der Waals surface area (Å²) in [5.41, 5.74) is 8.97. The number of anilines is 4. The summed E-state index contributed by atoms with van der Waals surface area (Å²) in [6.07, 6.45) is 3.25. The van der Waals surface area contributed by atoms with Gasteiger partial charge in [0, 0.05) is 6.20 Å². The number of nitrogens with zero attached hydrogens (tertiary/aromatic N) is 2. The number of halogens is 1. The lowest BCUT2D eigenvalue weighted by molar-refractivity contribution is -0.115. The molecule has 0 unspecified atom stereocenters. The number of nitrogens with two attached hydrogens (primary N) is 1. The van der Waals surface area contributed by atoms with E-state index >= 15 is 0 Å². The highest BCUT2D eigenvalue weighted by molar-refractivity contribution is 9.10. The van der Waals surface area contributed by atoms with Gasteiger partial charge in [-0.05, 0) is 28.1 Å². The molecule has 1 aliphatic rings. The van der Waals surface area contributed by atoms with Crippen LogP contribution >= 0.6 is 15.9 Å². The largest absolute Gasteiger partial charge is 0.396 e. The third-order valence-electron chi connectivity index (χ3n) is 2.94. The number of rotatable bonds is 1. The van der Waals surface area contributed by atoms with Crippen LogP contribution in [0.2, 0.25) is 0 Å². The number of para-hydroxylation sites is 2. The van der Waals surface area contributed by atoms with Crippen molar-refractivity contribution in [2.45, 2.75) is 0 Å². The summed E-state index contributed by atoms with van der Waals surface area (Å²) in [5.74, 6) is -0.0678. The van der Waals surface area contributed by atoms with Gasteiger partial charge in [0.05, 0.1) is 33.4 Å². The summed E-state index contributed by atoms with van der Waals surface area (Å²) >= 11 is 3.44. The van der Waals surface area contributed by atoms with Gasteiger partial charge in [-0.25, -0.2) is 0 Å². The Morgan fingerprint density at radius 1 is 1.32 bits per heavy atom. The molecule has 0 radical (unpaired) electrons. The lowest BCUT2D eigenvalue weighted by Gasteiger charge is -2.32. The molecule has 6 heteroatoms. The molecule has 3 N–H and O–H groups in total. The molecule has 0 bridgehead atoms. The van der Waals surface area contributed by atoms with Crippen molar-refractivity contribution in [1.82, 2.24) is 4.98 Å². The van der Waals surface area contributed by atoms with E-state index in [0.29, 0.717) is 5.69 Å². The molecule has 0 atom stereocenters. The van der Waals surface area contributed by atoms with Crippen molar-refractivity contribution in [3.63, 3.8) is 0 Å². The van der Waals surface area contributed by atoms with Gasteiger partial charge in [0.2, 0.25) is 5.91 Å². The monoisotopic (exact) mass is 318 g/mol. The minimum Gasteiger partial charge on any atom is -0.396 e. The highest BCUT2D eigenvalue weighted by Crippen LogP contribution is 2.40. The van der Waals surface area contributed by atoms with Gasteiger partial charge in [0.15, 0.2) is 0 Å². The Hall–Kier alpha value is -2.08. The third kappa shape index (κ3) is 2.04. The first kappa shape index (κ1) is 12.0. The topological polar surface area (TPSA) is 71.2 Å². The van der Waals surface area contributed by atoms with Gasteiger partial charge in [-0.2, -0.15) is 0 Å². The van der Waals surface area contributed by atoms with Gasteiger partial charge >= 0.3 is 0 Å².